The summed E-state index contributed by atoms with van der Waals surface area (Å²) in [7, 11) is 0. The highest BCUT2D eigenvalue weighted by Crippen LogP contribution is 2.33. The van der Waals surface area contributed by atoms with Gasteiger partial charge in [0.1, 0.15) is 11.7 Å². The number of anilines is 2. The topological polar surface area (TPSA) is 40.2 Å². The van der Waals surface area contributed by atoms with Crippen LogP contribution in [-0.2, 0) is 6.54 Å². The number of halogens is 1. The highest BCUT2D eigenvalue weighted by atomic mass is 35.5. The third-order valence-electron chi connectivity index (χ3n) is 4.05. The van der Waals surface area contributed by atoms with Gasteiger partial charge >= 0.3 is 0 Å². The maximum absolute atomic E-state index is 11.0. The monoisotopic (exact) mass is 336 g/mol. The lowest BCUT2D eigenvalue weighted by molar-refractivity contribution is -0.673. The Morgan fingerprint density at radius 3 is 2.54 bits per heavy atom. The highest BCUT2D eigenvalue weighted by molar-refractivity contribution is 6.29. The van der Waals surface area contributed by atoms with Crippen LogP contribution < -0.4 is 9.47 Å². The van der Waals surface area contributed by atoms with Crippen molar-refractivity contribution in [3.63, 3.8) is 0 Å². The SMILES string of the molecule is OC1=C(c2ccccc2)C[n+]2ccccc2N1c1ccc(Cl)nc1. The molecule has 0 radical (unpaired) electrons. The molecule has 2 aromatic heterocycles. The number of rotatable bonds is 2. The van der Waals surface area contributed by atoms with Crippen molar-refractivity contribution in [1.82, 2.24) is 4.98 Å². The fraction of sp³-hybridized carbons (Fsp3) is 0.0526. The van der Waals surface area contributed by atoms with Crippen LogP contribution in [0.15, 0.2) is 78.9 Å². The molecule has 1 N–H and O–H groups in total. The number of aromatic nitrogens is 2. The van der Waals surface area contributed by atoms with Crippen molar-refractivity contribution in [1.29, 1.82) is 0 Å². The van der Waals surface area contributed by atoms with Gasteiger partial charge in [0.2, 0.25) is 0 Å². The second-order valence-corrected chi connectivity index (χ2v) is 5.92. The van der Waals surface area contributed by atoms with E-state index in [0.717, 1.165) is 22.6 Å². The molecule has 4 rings (SSSR count). The molecule has 3 aromatic rings. The lowest BCUT2D eigenvalue weighted by Crippen LogP contribution is -2.45. The molecule has 0 saturated carbocycles. The lowest BCUT2D eigenvalue weighted by atomic mass is 10.0. The van der Waals surface area contributed by atoms with Gasteiger partial charge in [0.25, 0.3) is 11.7 Å². The first-order valence-corrected chi connectivity index (χ1v) is 7.99. The summed E-state index contributed by atoms with van der Waals surface area (Å²) in [5, 5.41) is 11.4. The summed E-state index contributed by atoms with van der Waals surface area (Å²) in [6.07, 6.45) is 3.66. The molecule has 1 aliphatic heterocycles. The molecule has 4 nitrogen and oxygen atoms in total. The zero-order valence-electron chi connectivity index (χ0n) is 12.8. The molecule has 0 fully saturated rings. The van der Waals surface area contributed by atoms with E-state index < -0.39 is 0 Å². The van der Waals surface area contributed by atoms with Crippen molar-refractivity contribution in [2.75, 3.05) is 4.90 Å². The molecule has 3 heterocycles. The molecule has 0 aliphatic carbocycles. The van der Waals surface area contributed by atoms with Crippen LogP contribution in [0.4, 0.5) is 11.5 Å². The summed E-state index contributed by atoms with van der Waals surface area (Å²) in [5.41, 5.74) is 2.60. The number of aliphatic hydroxyl groups excluding tert-OH is 1. The number of hydrogen-bond donors (Lipinski definition) is 1. The maximum Gasteiger partial charge on any atom is 0.295 e. The Balaban J connectivity index is 1.91. The third kappa shape index (κ3) is 2.51. The van der Waals surface area contributed by atoms with Gasteiger partial charge in [0.15, 0.2) is 5.69 Å². The van der Waals surface area contributed by atoms with Crippen LogP contribution in [0.2, 0.25) is 5.15 Å². The minimum absolute atomic E-state index is 0.205. The number of benzene rings is 1. The predicted molar refractivity (Wildman–Crippen MR) is 94.0 cm³/mol. The van der Waals surface area contributed by atoms with E-state index >= 15 is 0 Å². The van der Waals surface area contributed by atoms with E-state index in [-0.39, 0.29) is 5.88 Å². The molecule has 5 heteroatoms. The first-order valence-electron chi connectivity index (χ1n) is 7.62. The molecule has 24 heavy (non-hydrogen) atoms. The van der Waals surface area contributed by atoms with Crippen molar-refractivity contribution in [3.8, 4) is 0 Å². The van der Waals surface area contributed by atoms with Crippen molar-refractivity contribution in [2.45, 2.75) is 6.54 Å². The third-order valence-corrected chi connectivity index (χ3v) is 4.27. The Morgan fingerprint density at radius 1 is 1.00 bits per heavy atom. The van der Waals surface area contributed by atoms with Gasteiger partial charge in [-0.3, -0.25) is 0 Å². The molecule has 0 saturated heterocycles. The molecule has 1 aromatic carbocycles. The second-order valence-electron chi connectivity index (χ2n) is 5.53. The Bertz CT molecular complexity index is 907. The normalized spacial score (nSPS) is 13.8. The summed E-state index contributed by atoms with van der Waals surface area (Å²) in [4.78, 5) is 5.93. The Labute approximate surface area is 144 Å². The first kappa shape index (κ1) is 14.7. The number of hydrogen-bond acceptors (Lipinski definition) is 3. The van der Waals surface area contributed by atoms with Crippen molar-refractivity contribution < 1.29 is 9.67 Å². The fourth-order valence-electron chi connectivity index (χ4n) is 2.90. The van der Waals surface area contributed by atoms with Gasteiger partial charge < -0.3 is 5.11 Å². The van der Waals surface area contributed by atoms with Crippen LogP contribution in [-0.4, -0.2) is 10.1 Å². The maximum atomic E-state index is 11.0. The van der Waals surface area contributed by atoms with Crippen LogP contribution in [0.25, 0.3) is 5.57 Å². The van der Waals surface area contributed by atoms with Crippen LogP contribution >= 0.6 is 11.6 Å². The number of nitrogens with zero attached hydrogens (tertiary/aromatic N) is 3. The molecule has 0 atom stereocenters. The zero-order chi connectivity index (χ0) is 16.5. The van der Waals surface area contributed by atoms with Crippen LogP contribution in [0.3, 0.4) is 0 Å². The predicted octanol–water partition coefficient (Wildman–Crippen LogP) is 4.10. The van der Waals surface area contributed by atoms with Crippen LogP contribution in [0, 0.1) is 0 Å². The molecular formula is C19H15ClN3O+. The number of allylic oxidation sites excluding steroid dienone is 1. The van der Waals surface area contributed by atoms with E-state index in [1.54, 1.807) is 17.2 Å². The minimum atomic E-state index is 0.205. The van der Waals surface area contributed by atoms with Gasteiger partial charge in [-0.05, 0) is 23.8 Å². The van der Waals surface area contributed by atoms with E-state index in [9.17, 15) is 5.11 Å². The van der Waals surface area contributed by atoms with E-state index in [2.05, 4.69) is 9.55 Å². The quantitative estimate of drug-likeness (QED) is 0.565. The summed E-state index contributed by atoms with van der Waals surface area (Å²) >= 11 is 5.90. The lowest BCUT2D eigenvalue weighted by Gasteiger charge is -2.24. The van der Waals surface area contributed by atoms with Crippen molar-refractivity contribution in [2.24, 2.45) is 0 Å². The fourth-order valence-corrected chi connectivity index (χ4v) is 3.01. The molecule has 0 spiro atoms. The van der Waals surface area contributed by atoms with Crippen molar-refractivity contribution >= 4 is 28.7 Å². The van der Waals surface area contributed by atoms with Gasteiger partial charge in [-0.15, -0.1) is 0 Å². The van der Waals surface area contributed by atoms with Crippen LogP contribution in [0.5, 0.6) is 0 Å². The largest absolute Gasteiger partial charge is 0.477 e. The van der Waals surface area contributed by atoms with E-state index in [0.29, 0.717) is 11.7 Å². The second kappa shape index (κ2) is 5.98. The average Bonchev–Trinajstić information content (AvgIpc) is 2.63. The van der Waals surface area contributed by atoms with Crippen LogP contribution in [0.1, 0.15) is 5.56 Å². The van der Waals surface area contributed by atoms with Gasteiger partial charge in [0, 0.05) is 6.07 Å². The van der Waals surface area contributed by atoms with E-state index in [4.69, 9.17) is 11.6 Å². The molecule has 0 amide bonds. The molecule has 0 bridgehead atoms. The summed E-state index contributed by atoms with van der Waals surface area (Å²) in [6.45, 7) is 0.601. The number of aliphatic hydroxyl groups is 1. The smallest absolute Gasteiger partial charge is 0.295 e. The molecule has 118 valence electrons. The number of fused-ring (bicyclic) bond motifs is 1. The molecule has 0 unspecified atom stereocenters. The summed E-state index contributed by atoms with van der Waals surface area (Å²) in [5.74, 6) is 1.08. The summed E-state index contributed by atoms with van der Waals surface area (Å²) < 4.78 is 2.09. The first-order chi connectivity index (χ1) is 11.7. The average molecular weight is 337 g/mol. The number of pyridine rings is 2. The Hall–Kier alpha value is -2.85. The van der Waals surface area contributed by atoms with E-state index in [1.807, 2.05) is 60.8 Å². The van der Waals surface area contributed by atoms with Gasteiger partial charge in [0.05, 0.1) is 18.0 Å². The van der Waals surface area contributed by atoms with Crippen molar-refractivity contribution in [3.05, 3.63) is 89.7 Å². The molecule has 1 aliphatic rings. The van der Waals surface area contributed by atoms with Gasteiger partial charge in [-0.25, -0.2) is 9.55 Å². The minimum Gasteiger partial charge on any atom is -0.477 e. The standard InChI is InChI=1S/C19H14ClN3O/c20-17-10-9-15(12-21-17)23-18-8-4-5-11-22(18)13-16(19(23)24)14-6-2-1-3-7-14/h1-12H,13H2/p+1. The van der Waals surface area contributed by atoms with Gasteiger partial charge in [-0.1, -0.05) is 48.0 Å². The Kier molecular flexibility index (Phi) is 3.67. The zero-order valence-corrected chi connectivity index (χ0v) is 13.6. The Morgan fingerprint density at radius 2 is 1.79 bits per heavy atom. The highest BCUT2D eigenvalue weighted by Gasteiger charge is 2.34. The van der Waals surface area contributed by atoms with Gasteiger partial charge in [-0.2, -0.15) is 4.90 Å². The summed E-state index contributed by atoms with van der Waals surface area (Å²) in [6, 6.07) is 19.3. The van der Waals surface area contributed by atoms with E-state index in [1.165, 1.54) is 0 Å². The molecular weight excluding hydrogens is 322 g/mol.